The highest BCUT2D eigenvalue weighted by Crippen LogP contribution is 2.27. The molecule has 5 heteroatoms. The average molecular weight is 314 g/mol. The van der Waals surface area contributed by atoms with Crippen LogP contribution in [-0.2, 0) is 16.0 Å². The van der Waals surface area contributed by atoms with E-state index < -0.39 is 0 Å². The van der Waals surface area contributed by atoms with Gasteiger partial charge in [-0.05, 0) is 11.6 Å². The highest BCUT2D eigenvalue weighted by atomic mass is 79.9. The number of carbonyl (C=O) groups excluding carboxylic acids is 1. The van der Waals surface area contributed by atoms with E-state index in [1.807, 2.05) is 18.2 Å². The number of benzene rings is 1. The average Bonchev–Trinajstić information content (AvgIpc) is 2.80. The predicted octanol–water partition coefficient (Wildman–Crippen LogP) is 1.52. The Kier molecular flexibility index (Phi) is 4.60. The maximum Gasteiger partial charge on any atom is 0.320 e. The number of hydrogen-bond acceptors (Lipinski definition) is 4. The molecule has 1 aliphatic rings. The molecule has 1 heterocycles. The van der Waals surface area contributed by atoms with Crippen LogP contribution >= 0.6 is 15.9 Å². The molecule has 0 aliphatic carbocycles. The van der Waals surface area contributed by atoms with Gasteiger partial charge in [-0.3, -0.25) is 4.79 Å². The first-order valence-electron chi connectivity index (χ1n) is 5.88. The summed E-state index contributed by atoms with van der Waals surface area (Å²) in [5, 5.41) is 3.20. The number of esters is 1. The summed E-state index contributed by atoms with van der Waals surface area (Å²) in [7, 11) is 1.38. The molecule has 4 nitrogen and oxygen atoms in total. The fraction of sp³-hybridized carbons (Fsp3) is 0.462. The molecule has 18 heavy (non-hydrogen) atoms. The van der Waals surface area contributed by atoms with Crippen LogP contribution in [0.5, 0.6) is 5.75 Å². The summed E-state index contributed by atoms with van der Waals surface area (Å²) in [5.41, 5.74) is 1.24. The summed E-state index contributed by atoms with van der Waals surface area (Å²) >= 11 is 3.26. The largest absolute Gasteiger partial charge is 0.488 e. The number of ether oxygens (including phenoxy) is 2. The number of hydrogen-bond donors (Lipinski definition) is 1. The molecule has 98 valence electrons. The number of nitrogens with one attached hydrogen (secondary N) is 1. The van der Waals surface area contributed by atoms with Crippen molar-refractivity contribution in [2.75, 3.05) is 20.2 Å². The topological polar surface area (TPSA) is 47.6 Å². The minimum atomic E-state index is -0.314. The van der Waals surface area contributed by atoms with E-state index in [2.05, 4.69) is 32.0 Å². The zero-order chi connectivity index (χ0) is 13.0. The minimum Gasteiger partial charge on any atom is -0.488 e. The second kappa shape index (κ2) is 6.20. The fourth-order valence-electron chi connectivity index (χ4n) is 1.95. The predicted molar refractivity (Wildman–Crippen MR) is 72.2 cm³/mol. The molecule has 0 fully saturated rings. The molecule has 1 N–H and O–H groups in total. The number of halogens is 1. The smallest absolute Gasteiger partial charge is 0.320 e. The van der Waals surface area contributed by atoms with E-state index in [1.165, 1.54) is 12.7 Å². The Morgan fingerprint density at radius 3 is 3.11 bits per heavy atom. The van der Waals surface area contributed by atoms with Gasteiger partial charge in [0.15, 0.2) is 0 Å². The zero-order valence-electron chi connectivity index (χ0n) is 10.2. The van der Waals surface area contributed by atoms with Gasteiger partial charge in [-0.15, -0.1) is 0 Å². The molecular formula is C13H16BrNO3. The highest BCUT2D eigenvalue weighted by Gasteiger charge is 2.22. The van der Waals surface area contributed by atoms with Crippen molar-refractivity contribution < 1.29 is 14.3 Å². The van der Waals surface area contributed by atoms with Gasteiger partial charge in [0.25, 0.3) is 0 Å². The Balaban J connectivity index is 1.73. The highest BCUT2D eigenvalue weighted by molar-refractivity contribution is 9.10. The van der Waals surface area contributed by atoms with Gasteiger partial charge < -0.3 is 14.8 Å². The third kappa shape index (κ3) is 3.23. The van der Waals surface area contributed by atoms with Crippen LogP contribution in [-0.4, -0.2) is 37.1 Å². The Morgan fingerprint density at radius 1 is 1.61 bits per heavy atom. The van der Waals surface area contributed by atoms with Gasteiger partial charge in [0.1, 0.15) is 16.7 Å². The number of carbonyl (C=O) groups is 1. The lowest BCUT2D eigenvalue weighted by atomic mass is 10.1. The molecule has 2 atom stereocenters. The lowest BCUT2D eigenvalue weighted by molar-refractivity contribution is -0.139. The van der Waals surface area contributed by atoms with Crippen molar-refractivity contribution in [2.24, 2.45) is 0 Å². The van der Waals surface area contributed by atoms with E-state index in [0.29, 0.717) is 13.1 Å². The van der Waals surface area contributed by atoms with Crippen LogP contribution in [0.25, 0.3) is 0 Å². The van der Waals surface area contributed by atoms with Crippen LogP contribution < -0.4 is 10.1 Å². The number of rotatable bonds is 5. The lowest BCUT2D eigenvalue weighted by Gasteiger charge is -2.13. The molecule has 1 aromatic carbocycles. The Bertz CT molecular complexity index is 399. The van der Waals surface area contributed by atoms with Crippen LogP contribution in [0.1, 0.15) is 5.56 Å². The maximum atomic E-state index is 11.2. The van der Waals surface area contributed by atoms with Gasteiger partial charge in [-0.2, -0.15) is 0 Å². The van der Waals surface area contributed by atoms with E-state index in [-0.39, 0.29) is 16.9 Å². The van der Waals surface area contributed by atoms with Gasteiger partial charge in [-0.25, -0.2) is 0 Å². The summed E-state index contributed by atoms with van der Waals surface area (Å²) < 4.78 is 10.4. The molecule has 0 saturated carbocycles. The fourth-order valence-corrected chi connectivity index (χ4v) is 2.37. The van der Waals surface area contributed by atoms with Crippen molar-refractivity contribution in [3.05, 3.63) is 29.8 Å². The third-order valence-electron chi connectivity index (χ3n) is 2.87. The van der Waals surface area contributed by atoms with Gasteiger partial charge in [0, 0.05) is 19.5 Å². The molecule has 0 aromatic heterocycles. The first-order valence-corrected chi connectivity index (χ1v) is 6.79. The number of methoxy groups -OCH3 is 1. The van der Waals surface area contributed by atoms with E-state index in [4.69, 9.17) is 4.74 Å². The third-order valence-corrected chi connectivity index (χ3v) is 3.56. The molecule has 2 rings (SSSR count). The molecular weight excluding hydrogens is 298 g/mol. The van der Waals surface area contributed by atoms with Crippen molar-refractivity contribution in [2.45, 2.75) is 17.4 Å². The van der Waals surface area contributed by atoms with E-state index in [0.717, 1.165) is 12.2 Å². The van der Waals surface area contributed by atoms with Gasteiger partial charge in [-0.1, -0.05) is 34.1 Å². The van der Waals surface area contributed by atoms with Crippen LogP contribution in [0, 0.1) is 0 Å². The van der Waals surface area contributed by atoms with E-state index in [9.17, 15) is 4.79 Å². The van der Waals surface area contributed by atoms with Gasteiger partial charge in [0.2, 0.25) is 0 Å². The molecule has 0 spiro atoms. The molecule has 1 aliphatic heterocycles. The van der Waals surface area contributed by atoms with Crippen molar-refractivity contribution in [3.8, 4) is 5.75 Å². The Hall–Kier alpha value is -1.07. The quantitative estimate of drug-likeness (QED) is 0.661. The van der Waals surface area contributed by atoms with Crippen LogP contribution in [0.4, 0.5) is 0 Å². The SMILES string of the molecule is COC(=O)C(Br)CNCC1Cc2ccccc2O1. The van der Waals surface area contributed by atoms with E-state index >= 15 is 0 Å². The summed E-state index contributed by atoms with van der Waals surface area (Å²) in [5.74, 6) is 0.700. The molecule has 0 saturated heterocycles. The lowest BCUT2D eigenvalue weighted by Crippen LogP contribution is -2.36. The van der Waals surface area contributed by atoms with Crippen molar-refractivity contribution in [3.63, 3.8) is 0 Å². The zero-order valence-corrected chi connectivity index (χ0v) is 11.8. The van der Waals surface area contributed by atoms with Crippen LogP contribution in [0.2, 0.25) is 0 Å². The monoisotopic (exact) mass is 313 g/mol. The Labute approximate surface area is 115 Å². The molecule has 0 radical (unpaired) electrons. The molecule has 0 bridgehead atoms. The second-order valence-electron chi connectivity index (χ2n) is 4.20. The Morgan fingerprint density at radius 2 is 2.39 bits per heavy atom. The van der Waals surface area contributed by atoms with Crippen molar-refractivity contribution in [1.29, 1.82) is 0 Å². The second-order valence-corrected chi connectivity index (χ2v) is 5.31. The first kappa shape index (κ1) is 13.4. The van der Waals surface area contributed by atoms with Crippen molar-refractivity contribution >= 4 is 21.9 Å². The first-order chi connectivity index (χ1) is 8.70. The van der Waals surface area contributed by atoms with E-state index in [1.54, 1.807) is 0 Å². The summed E-state index contributed by atoms with van der Waals surface area (Å²) in [6.07, 6.45) is 1.05. The molecule has 1 aromatic rings. The van der Waals surface area contributed by atoms with Crippen LogP contribution in [0.15, 0.2) is 24.3 Å². The van der Waals surface area contributed by atoms with Gasteiger partial charge >= 0.3 is 5.97 Å². The normalized spacial score (nSPS) is 18.9. The minimum absolute atomic E-state index is 0.139. The standard InChI is InChI=1S/C13H16BrNO3/c1-17-13(16)11(14)8-15-7-10-6-9-4-2-3-5-12(9)18-10/h2-5,10-11,15H,6-8H2,1H3. The number of para-hydroxylation sites is 1. The summed E-state index contributed by atoms with van der Waals surface area (Å²) in [6, 6.07) is 8.05. The number of fused-ring (bicyclic) bond motifs is 1. The van der Waals surface area contributed by atoms with Crippen LogP contribution in [0.3, 0.4) is 0 Å². The summed E-state index contributed by atoms with van der Waals surface area (Å²) in [4.78, 5) is 10.9. The number of alkyl halides is 1. The molecule has 0 amide bonds. The maximum absolute atomic E-state index is 11.2. The van der Waals surface area contributed by atoms with Crippen molar-refractivity contribution in [1.82, 2.24) is 5.32 Å². The summed E-state index contributed by atoms with van der Waals surface area (Å²) in [6.45, 7) is 1.25. The van der Waals surface area contributed by atoms with Gasteiger partial charge in [0.05, 0.1) is 7.11 Å². The molecule has 2 unspecified atom stereocenters.